The van der Waals surface area contributed by atoms with Crippen molar-refractivity contribution in [3.63, 3.8) is 0 Å². The van der Waals surface area contributed by atoms with Crippen LogP contribution in [-0.2, 0) is 23.6 Å². The first kappa shape index (κ1) is 15.7. The zero-order valence-corrected chi connectivity index (χ0v) is 13.5. The van der Waals surface area contributed by atoms with E-state index < -0.39 is 10.0 Å². The largest absolute Gasteiger partial charge is 0.337 e. The van der Waals surface area contributed by atoms with Gasteiger partial charge >= 0.3 is 0 Å². The van der Waals surface area contributed by atoms with Crippen molar-refractivity contribution < 1.29 is 8.42 Å². The van der Waals surface area contributed by atoms with Gasteiger partial charge in [-0.25, -0.2) is 18.1 Å². The number of nitrogens with zero attached hydrogens (tertiary/aromatic N) is 4. The lowest BCUT2D eigenvalue weighted by molar-refractivity contribution is 0.435. The molecule has 0 radical (unpaired) electrons. The van der Waals surface area contributed by atoms with Crippen LogP contribution in [0, 0.1) is 5.92 Å². The number of nitrogens with one attached hydrogen (secondary N) is 1. The van der Waals surface area contributed by atoms with Crippen molar-refractivity contribution in [1.29, 1.82) is 0 Å². The average Bonchev–Trinajstić information content (AvgIpc) is 3.04. The van der Waals surface area contributed by atoms with Gasteiger partial charge in [-0.3, -0.25) is 4.68 Å². The van der Waals surface area contributed by atoms with Crippen molar-refractivity contribution in [3.8, 4) is 0 Å². The minimum absolute atomic E-state index is 0.0714. The predicted octanol–water partition coefficient (Wildman–Crippen LogP) is 1.31. The van der Waals surface area contributed by atoms with Crippen LogP contribution in [-0.4, -0.2) is 27.7 Å². The Morgan fingerprint density at radius 3 is 2.57 bits per heavy atom. The topological polar surface area (TPSA) is 81.8 Å². The van der Waals surface area contributed by atoms with Gasteiger partial charge in [0.25, 0.3) is 0 Å². The molecule has 2 heterocycles. The van der Waals surface area contributed by atoms with Gasteiger partial charge in [0.15, 0.2) is 0 Å². The molecule has 0 saturated heterocycles. The van der Waals surface area contributed by atoms with E-state index in [-0.39, 0.29) is 16.9 Å². The second-order valence-electron chi connectivity index (χ2n) is 5.27. The summed E-state index contributed by atoms with van der Waals surface area (Å²) in [7, 11) is -1.77. The van der Waals surface area contributed by atoms with E-state index in [4.69, 9.17) is 0 Å². The summed E-state index contributed by atoms with van der Waals surface area (Å²) < 4.78 is 31.1. The predicted molar refractivity (Wildman–Crippen MR) is 79.0 cm³/mol. The third-order valence-corrected chi connectivity index (χ3v) is 4.72. The number of aromatic nitrogens is 4. The lowest BCUT2D eigenvalue weighted by Crippen LogP contribution is -2.33. The minimum atomic E-state index is -3.62. The Morgan fingerprint density at radius 2 is 2.10 bits per heavy atom. The van der Waals surface area contributed by atoms with Crippen LogP contribution in [0.4, 0.5) is 0 Å². The van der Waals surface area contributed by atoms with Crippen LogP contribution in [0.5, 0.6) is 0 Å². The second kappa shape index (κ2) is 5.98. The van der Waals surface area contributed by atoms with Gasteiger partial charge < -0.3 is 4.57 Å². The number of sulfonamides is 1. The van der Waals surface area contributed by atoms with Gasteiger partial charge in [0.2, 0.25) is 10.0 Å². The van der Waals surface area contributed by atoms with Gasteiger partial charge in [0.1, 0.15) is 10.7 Å². The van der Waals surface area contributed by atoms with Gasteiger partial charge in [-0.1, -0.05) is 13.8 Å². The lowest BCUT2D eigenvalue weighted by Gasteiger charge is -2.21. The van der Waals surface area contributed by atoms with E-state index >= 15 is 0 Å². The van der Waals surface area contributed by atoms with Crippen molar-refractivity contribution in [2.75, 3.05) is 0 Å². The summed E-state index contributed by atoms with van der Waals surface area (Å²) in [6, 6.07) is -0.389. The lowest BCUT2D eigenvalue weighted by atomic mass is 10.1. The molecule has 1 N–H and O–H groups in total. The summed E-state index contributed by atoms with van der Waals surface area (Å²) in [5.41, 5.74) is 0. The minimum Gasteiger partial charge on any atom is -0.337 e. The maximum atomic E-state index is 12.5. The quantitative estimate of drug-likeness (QED) is 0.872. The molecule has 0 aliphatic heterocycles. The average molecular weight is 311 g/mol. The number of hydrogen-bond acceptors (Lipinski definition) is 4. The van der Waals surface area contributed by atoms with Crippen LogP contribution in [0.1, 0.15) is 32.6 Å². The molecule has 0 spiro atoms. The number of rotatable bonds is 6. The Morgan fingerprint density at radius 1 is 1.38 bits per heavy atom. The molecule has 0 bridgehead atoms. The van der Waals surface area contributed by atoms with Crippen LogP contribution in [0.25, 0.3) is 0 Å². The van der Waals surface area contributed by atoms with Crippen molar-refractivity contribution in [2.24, 2.45) is 13.0 Å². The first-order valence-electron chi connectivity index (χ1n) is 6.87. The van der Waals surface area contributed by atoms with Gasteiger partial charge in [-0.15, -0.1) is 0 Å². The number of imidazole rings is 1. The molecule has 0 aliphatic rings. The zero-order chi connectivity index (χ0) is 15.6. The molecule has 2 aromatic heterocycles. The fraction of sp³-hybridized carbons (Fsp3) is 0.538. The Hall–Kier alpha value is -1.67. The standard InChI is InChI=1S/C13H21N5O2S/c1-5-18-9-11(8-15-18)21(19,20)16-12(10(2)3)13-14-6-7-17(13)4/h6-10,12,16H,5H2,1-4H3/t12-/m1/s1. The van der Waals surface area contributed by atoms with Crippen molar-refractivity contribution in [2.45, 2.75) is 38.3 Å². The van der Waals surface area contributed by atoms with Crippen LogP contribution in [0.15, 0.2) is 29.7 Å². The van der Waals surface area contributed by atoms with Crippen molar-refractivity contribution in [3.05, 3.63) is 30.6 Å². The van der Waals surface area contributed by atoms with Gasteiger partial charge in [-0.05, 0) is 12.8 Å². The SMILES string of the molecule is CCn1cc(S(=O)(=O)N[C@@H](c2nccn2C)C(C)C)cn1. The molecule has 2 rings (SSSR count). The first-order chi connectivity index (χ1) is 9.85. The Kier molecular flexibility index (Phi) is 4.48. The molecular weight excluding hydrogens is 290 g/mol. The van der Waals surface area contributed by atoms with Gasteiger partial charge in [0, 0.05) is 32.2 Å². The fourth-order valence-electron chi connectivity index (χ4n) is 2.06. The molecule has 0 aromatic carbocycles. The maximum absolute atomic E-state index is 12.5. The van der Waals surface area contributed by atoms with E-state index in [9.17, 15) is 8.42 Å². The van der Waals surface area contributed by atoms with Crippen LogP contribution < -0.4 is 4.72 Å². The Labute approximate surface area is 125 Å². The van der Waals surface area contributed by atoms with Crippen molar-refractivity contribution in [1.82, 2.24) is 24.1 Å². The van der Waals surface area contributed by atoms with E-state index in [0.29, 0.717) is 12.4 Å². The first-order valence-corrected chi connectivity index (χ1v) is 8.35. The number of hydrogen-bond donors (Lipinski definition) is 1. The summed E-state index contributed by atoms with van der Waals surface area (Å²) in [6.45, 7) is 6.44. The highest BCUT2D eigenvalue weighted by atomic mass is 32.2. The highest BCUT2D eigenvalue weighted by molar-refractivity contribution is 7.89. The highest BCUT2D eigenvalue weighted by Gasteiger charge is 2.27. The van der Waals surface area contributed by atoms with Gasteiger partial charge in [-0.2, -0.15) is 5.10 Å². The molecule has 0 fully saturated rings. The summed E-state index contributed by atoms with van der Waals surface area (Å²) in [4.78, 5) is 4.42. The van der Waals surface area contributed by atoms with E-state index in [1.54, 1.807) is 17.1 Å². The molecule has 0 aliphatic carbocycles. The molecule has 1 atom stereocenters. The van der Waals surface area contributed by atoms with E-state index in [2.05, 4.69) is 14.8 Å². The molecule has 0 saturated carbocycles. The summed E-state index contributed by atoms with van der Waals surface area (Å²) in [5.74, 6) is 0.763. The van der Waals surface area contributed by atoms with Crippen LogP contribution in [0.2, 0.25) is 0 Å². The molecular formula is C13H21N5O2S. The molecule has 0 unspecified atom stereocenters. The normalized spacial score (nSPS) is 13.8. The molecule has 21 heavy (non-hydrogen) atoms. The second-order valence-corrected chi connectivity index (χ2v) is 6.99. The highest BCUT2D eigenvalue weighted by Crippen LogP contribution is 2.22. The van der Waals surface area contributed by atoms with E-state index in [1.165, 1.54) is 12.4 Å². The molecule has 8 heteroatoms. The third-order valence-electron chi connectivity index (χ3n) is 3.33. The van der Waals surface area contributed by atoms with Gasteiger partial charge in [0.05, 0.1) is 12.2 Å². The molecule has 2 aromatic rings. The summed E-state index contributed by atoms with van der Waals surface area (Å²) in [5, 5.41) is 4.01. The molecule has 7 nitrogen and oxygen atoms in total. The summed E-state index contributed by atoms with van der Waals surface area (Å²) in [6.07, 6.45) is 6.35. The third kappa shape index (κ3) is 3.33. The van der Waals surface area contributed by atoms with Crippen LogP contribution in [0.3, 0.4) is 0 Å². The molecule has 116 valence electrons. The monoisotopic (exact) mass is 311 g/mol. The summed E-state index contributed by atoms with van der Waals surface area (Å²) >= 11 is 0. The number of aryl methyl sites for hydroxylation is 2. The Balaban J connectivity index is 2.30. The maximum Gasteiger partial charge on any atom is 0.244 e. The van der Waals surface area contributed by atoms with E-state index in [1.807, 2.05) is 32.4 Å². The van der Waals surface area contributed by atoms with E-state index in [0.717, 1.165) is 0 Å². The zero-order valence-electron chi connectivity index (χ0n) is 12.7. The smallest absolute Gasteiger partial charge is 0.244 e. The molecule has 0 amide bonds. The fourth-order valence-corrected chi connectivity index (χ4v) is 3.35. The Bertz CT molecular complexity index is 702. The van der Waals surface area contributed by atoms with Crippen molar-refractivity contribution >= 4 is 10.0 Å². The van der Waals surface area contributed by atoms with Crippen LogP contribution >= 0.6 is 0 Å².